The van der Waals surface area contributed by atoms with Crippen LogP contribution in [0.3, 0.4) is 0 Å². The van der Waals surface area contributed by atoms with Crippen molar-refractivity contribution in [3.8, 4) is 23.0 Å². The standard InChI is InChI=1S/C15H16FNO3.C13H11NO2/c1-17-14-5-4-10(16)6-15(14)20-13-8-11(18-2)7-12(9-13)19-3;15-9-8-14-13(16)12-7-3-5-10-4-1-2-6-11(10)12/h4-9,17H,1-3H3;1-7,9H,8H2,(H,14,16). The Morgan fingerprint density at radius 3 is 2.22 bits per heavy atom. The lowest BCUT2D eigenvalue weighted by atomic mass is 10.0. The first-order valence-electron chi connectivity index (χ1n) is 11.1. The maximum absolute atomic E-state index is 13.3. The van der Waals surface area contributed by atoms with E-state index in [0.29, 0.717) is 40.5 Å². The number of anilines is 1. The number of hydrogen-bond acceptors (Lipinski definition) is 6. The molecule has 186 valence electrons. The molecule has 36 heavy (non-hydrogen) atoms. The Kier molecular flexibility index (Phi) is 9.22. The van der Waals surface area contributed by atoms with Gasteiger partial charge < -0.3 is 29.6 Å². The Bertz CT molecular complexity index is 1320. The number of hydrogen-bond donors (Lipinski definition) is 2. The van der Waals surface area contributed by atoms with E-state index < -0.39 is 0 Å². The van der Waals surface area contributed by atoms with Crippen LogP contribution in [0.5, 0.6) is 23.0 Å². The highest BCUT2D eigenvalue weighted by atomic mass is 19.1. The van der Waals surface area contributed by atoms with Crippen LogP contribution in [0.1, 0.15) is 10.4 Å². The van der Waals surface area contributed by atoms with Crippen LogP contribution in [0.2, 0.25) is 0 Å². The fourth-order valence-corrected chi connectivity index (χ4v) is 3.41. The van der Waals surface area contributed by atoms with Gasteiger partial charge in [0.25, 0.3) is 5.91 Å². The Balaban J connectivity index is 0.000000205. The van der Waals surface area contributed by atoms with Crippen molar-refractivity contribution in [2.45, 2.75) is 0 Å². The first-order valence-corrected chi connectivity index (χ1v) is 11.1. The lowest BCUT2D eigenvalue weighted by Crippen LogP contribution is -2.25. The number of fused-ring (bicyclic) bond motifs is 1. The van der Waals surface area contributed by atoms with E-state index in [1.165, 1.54) is 12.1 Å². The van der Waals surface area contributed by atoms with Crippen LogP contribution in [-0.4, -0.2) is 40.0 Å². The number of benzene rings is 4. The van der Waals surface area contributed by atoms with Gasteiger partial charge in [-0.3, -0.25) is 4.79 Å². The molecule has 0 fully saturated rings. The van der Waals surface area contributed by atoms with E-state index in [-0.39, 0.29) is 18.3 Å². The predicted molar refractivity (Wildman–Crippen MR) is 138 cm³/mol. The van der Waals surface area contributed by atoms with Gasteiger partial charge in [-0.1, -0.05) is 36.4 Å². The molecule has 0 saturated carbocycles. The lowest BCUT2D eigenvalue weighted by molar-refractivity contribution is -0.107. The van der Waals surface area contributed by atoms with Gasteiger partial charge in [0.2, 0.25) is 0 Å². The van der Waals surface area contributed by atoms with E-state index in [0.717, 1.165) is 10.8 Å². The summed E-state index contributed by atoms with van der Waals surface area (Å²) in [4.78, 5) is 21.9. The maximum Gasteiger partial charge on any atom is 0.252 e. The molecule has 0 aromatic heterocycles. The third-order valence-corrected chi connectivity index (χ3v) is 5.15. The van der Waals surface area contributed by atoms with Gasteiger partial charge in [-0.15, -0.1) is 0 Å². The van der Waals surface area contributed by atoms with Crippen LogP contribution in [-0.2, 0) is 4.79 Å². The summed E-state index contributed by atoms with van der Waals surface area (Å²) >= 11 is 0. The van der Waals surface area contributed by atoms with Crippen molar-refractivity contribution in [3.05, 3.63) is 90.2 Å². The van der Waals surface area contributed by atoms with Gasteiger partial charge in [-0.2, -0.15) is 0 Å². The number of ether oxygens (including phenoxy) is 3. The Hall–Kier alpha value is -4.59. The zero-order valence-electron chi connectivity index (χ0n) is 20.2. The fraction of sp³-hybridized carbons (Fsp3) is 0.143. The molecule has 0 aliphatic heterocycles. The Morgan fingerprint density at radius 1 is 0.889 bits per heavy atom. The zero-order chi connectivity index (χ0) is 25.9. The van der Waals surface area contributed by atoms with Crippen LogP contribution >= 0.6 is 0 Å². The SMILES string of the molecule is CNc1ccc(F)cc1Oc1cc(OC)cc(OC)c1.O=CCNC(=O)c1cccc2ccccc12. The van der Waals surface area contributed by atoms with Gasteiger partial charge in [0.15, 0.2) is 5.75 Å². The number of rotatable bonds is 8. The first-order chi connectivity index (χ1) is 17.5. The molecule has 4 aromatic rings. The Morgan fingerprint density at radius 2 is 1.56 bits per heavy atom. The smallest absolute Gasteiger partial charge is 0.252 e. The van der Waals surface area contributed by atoms with E-state index >= 15 is 0 Å². The summed E-state index contributed by atoms with van der Waals surface area (Å²) in [5.41, 5.74) is 1.29. The highest BCUT2D eigenvalue weighted by Gasteiger charge is 2.09. The van der Waals surface area contributed by atoms with Crippen LogP contribution in [0.15, 0.2) is 78.9 Å². The number of aldehydes is 1. The third-order valence-electron chi connectivity index (χ3n) is 5.15. The number of nitrogens with one attached hydrogen (secondary N) is 2. The zero-order valence-corrected chi connectivity index (χ0v) is 20.2. The molecule has 0 heterocycles. The van der Waals surface area contributed by atoms with Crippen LogP contribution in [0, 0.1) is 5.82 Å². The van der Waals surface area contributed by atoms with Gasteiger partial charge in [0.05, 0.1) is 26.5 Å². The normalized spacial score (nSPS) is 10.0. The molecule has 0 aliphatic rings. The molecule has 4 rings (SSSR count). The minimum atomic E-state index is -0.367. The number of halogens is 1. The first kappa shape index (κ1) is 26.0. The third kappa shape index (κ3) is 6.73. The lowest BCUT2D eigenvalue weighted by Gasteiger charge is -2.13. The monoisotopic (exact) mass is 490 g/mol. The molecule has 0 atom stereocenters. The molecule has 4 aromatic carbocycles. The van der Waals surface area contributed by atoms with Crippen molar-refractivity contribution in [3.63, 3.8) is 0 Å². The predicted octanol–water partition coefficient (Wildman–Crippen LogP) is 5.45. The average molecular weight is 491 g/mol. The van der Waals surface area contributed by atoms with Gasteiger partial charge >= 0.3 is 0 Å². The number of carbonyl (C=O) groups excluding carboxylic acids is 2. The quantitative estimate of drug-likeness (QED) is 0.320. The summed E-state index contributed by atoms with van der Waals surface area (Å²) in [6, 6.07) is 22.6. The minimum absolute atomic E-state index is 0.0437. The molecular weight excluding hydrogens is 463 g/mol. The van der Waals surface area contributed by atoms with Crippen molar-refractivity contribution >= 4 is 28.7 Å². The van der Waals surface area contributed by atoms with E-state index in [9.17, 15) is 14.0 Å². The number of carbonyl (C=O) groups is 2. The second kappa shape index (κ2) is 12.8. The molecule has 0 unspecified atom stereocenters. The highest BCUT2D eigenvalue weighted by molar-refractivity contribution is 6.07. The summed E-state index contributed by atoms with van der Waals surface area (Å²) < 4.78 is 29.4. The van der Waals surface area contributed by atoms with Gasteiger partial charge in [0.1, 0.15) is 29.4 Å². The minimum Gasteiger partial charge on any atom is -0.496 e. The van der Waals surface area contributed by atoms with Crippen molar-refractivity contribution in [1.29, 1.82) is 0 Å². The van der Waals surface area contributed by atoms with Crippen molar-refractivity contribution < 1.29 is 28.2 Å². The number of amides is 1. The van der Waals surface area contributed by atoms with Crippen LogP contribution in [0.25, 0.3) is 10.8 Å². The molecule has 7 nitrogen and oxygen atoms in total. The molecule has 0 radical (unpaired) electrons. The second-order valence-electron chi connectivity index (χ2n) is 7.44. The average Bonchev–Trinajstić information content (AvgIpc) is 2.91. The maximum atomic E-state index is 13.3. The number of methoxy groups -OCH3 is 2. The summed E-state index contributed by atoms with van der Waals surface area (Å²) in [5.74, 6) is 1.51. The summed E-state index contributed by atoms with van der Waals surface area (Å²) in [7, 11) is 4.85. The highest BCUT2D eigenvalue weighted by Crippen LogP contribution is 2.34. The fourth-order valence-electron chi connectivity index (χ4n) is 3.41. The summed E-state index contributed by atoms with van der Waals surface area (Å²) in [6.45, 7) is 0.0437. The molecule has 8 heteroatoms. The molecular formula is C28H27FN2O5. The van der Waals surface area contributed by atoms with Crippen molar-refractivity contribution in [2.75, 3.05) is 33.1 Å². The van der Waals surface area contributed by atoms with Gasteiger partial charge in [-0.25, -0.2) is 4.39 Å². The second-order valence-corrected chi connectivity index (χ2v) is 7.44. The molecule has 2 N–H and O–H groups in total. The van der Waals surface area contributed by atoms with Crippen molar-refractivity contribution in [2.24, 2.45) is 0 Å². The van der Waals surface area contributed by atoms with Crippen LogP contribution in [0.4, 0.5) is 10.1 Å². The van der Waals surface area contributed by atoms with E-state index in [1.54, 1.807) is 51.6 Å². The molecule has 1 amide bonds. The molecule has 0 saturated heterocycles. The summed E-state index contributed by atoms with van der Waals surface area (Å²) in [5, 5.41) is 7.39. The largest absolute Gasteiger partial charge is 0.496 e. The van der Waals surface area contributed by atoms with Crippen LogP contribution < -0.4 is 24.8 Å². The topological polar surface area (TPSA) is 85.9 Å². The molecule has 0 bridgehead atoms. The molecule has 0 aliphatic carbocycles. The van der Waals surface area contributed by atoms with E-state index in [4.69, 9.17) is 14.2 Å². The summed E-state index contributed by atoms with van der Waals surface area (Å²) in [6.07, 6.45) is 0.670. The van der Waals surface area contributed by atoms with Gasteiger partial charge in [-0.05, 0) is 29.0 Å². The molecule has 0 spiro atoms. The van der Waals surface area contributed by atoms with E-state index in [2.05, 4.69) is 10.6 Å². The van der Waals surface area contributed by atoms with Gasteiger partial charge in [0, 0.05) is 36.9 Å². The van der Waals surface area contributed by atoms with Crippen molar-refractivity contribution in [1.82, 2.24) is 5.32 Å². The van der Waals surface area contributed by atoms with E-state index in [1.807, 2.05) is 36.4 Å². The Labute approximate surface area is 208 Å².